The summed E-state index contributed by atoms with van der Waals surface area (Å²) in [7, 11) is 0. The summed E-state index contributed by atoms with van der Waals surface area (Å²) >= 11 is 0. The Morgan fingerprint density at radius 1 is 1.00 bits per heavy atom. The van der Waals surface area contributed by atoms with Crippen LogP contribution >= 0.6 is 0 Å². The molecule has 0 aliphatic heterocycles. The first-order valence-corrected chi connectivity index (χ1v) is 8.10. The van der Waals surface area contributed by atoms with Gasteiger partial charge < -0.3 is 10.4 Å². The van der Waals surface area contributed by atoms with Gasteiger partial charge in [0.2, 0.25) is 5.91 Å². The minimum Gasteiger partial charge on any atom is -0.374 e. The third-order valence-corrected chi connectivity index (χ3v) is 2.97. The third kappa shape index (κ3) is 16.5. The molecule has 0 rings (SSSR count). The van der Waals surface area contributed by atoms with Gasteiger partial charge in [0.15, 0.2) is 0 Å². The zero-order valence-electron chi connectivity index (χ0n) is 13.5. The zero-order valence-corrected chi connectivity index (χ0v) is 13.5. The molecule has 0 fully saturated rings. The molecule has 118 valence electrons. The van der Waals surface area contributed by atoms with Gasteiger partial charge in [-0.2, -0.15) is 0 Å². The number of rotatable bonds is 10. The predicted octanol–water partition coefficient (Wildman–Crippen LogP) is 3.37. The maximum absolute atomic E-state index is 11.2. The number of hydrogen-bond acceptors (Lipinski definition) is 2. The smallest absolute Gasteiger partial charge is 0.221 e. The highest BCUT2D eigenvalue weighted by molar-refractivity contribution is 5.75. The van der Waals surface area contributed by atoms with Crippen molar-refractivity contribution in [2.45, 2.75) is 84.3 Å². The second-order valence-electron chi connectivity index (χ2n) is 5.22. The van der Waals surface area contributed by atoms with Crippen LogP contribution in [0.3, 0.4) is 0 Å². The van der Waals surface area contributed by atoms with E-state index in [2.05, 4.69) is 35.9 Å². The number of aliphatic hydroxyl groups excluding tert-OH is 1. The number of amides is 1. The number of carbonyl (C=O) groups is 1. The fourth-order valence-electron chi connectivity index (χ4n) is 1.85. The van der Waals surface area contributed by atoms with E-state index in [0.29, 0.717) is 19.3 Å². The van der Waals surface area contributed by atoms with Gasteiger partial charge in [-0.05, 0) is 31.6 Å². The summed E-state index contributed by atoms with van der Waals surface area (Å²) in [5.74, 6) is 11.5. The Morgan fingerprint density at radius 2 is 1.57 bits per heavy atom. The number of aliphatic hydroxyl groups is 1. The predicted molar refractivity (Wildman–Crippen MR) is 87.2 cm³/mol. The molecule has 1 atom stereocenters. The summed E-state index contributed by atoms with van der Waals surface area (Å²) in [5.41, 5.74) is 0. The fraction of sp³-hybridized carbons (Fsp3) is 0.722. The van der Waals surface area contributed by atoms with E-state index in [4.69, 9.17) is 5.11 Å². The minimum atomic E-state index is -0.781. The van der Waals surface area contributed by atoms with Gasteiger partial charge in [-0.1, -0.05) is 50.9 Å². The van der Waals surface area contributed by atoms with Crippen molar-refractivity contribution < 1.29 is 9.90 Å². The summed E-state index contributed by atoms with van der Waals surface area (Å²) in [6.07, 6.45) is 9.62. The van der Waals surface area contributed by atoms with E-state index >= 15 is 0 Å². The van der Waals surface area contributed by atoms with E-state index < -0.39 is 6.23 Å². The van der Waals surface area contributed by atoms with Gasteiger partial charge in [-0.3, -0.25) is 4.79 Å². The fourth-order valence-corrected chi connectivity index (χ4v) is 1.85. The topological polar surface area (TPSA) is 49.3 Å². The second kappa shape index (κ2) is 14.9. The van der Waals surface area contributed by atoms with Crippen LogP contribution in [-0.2, 0) is 4.79 Å². The lowest BCUT2D eigenvalue weighted by atomic mass is 10.1. The van der Waals surface area contributed by atoms with Crippen LogP contribution in [0.1, 0.15) is 78.1 Å². The number of carbonyl (C=O) groups excluding carboxylic acids is 1. The van der Waals surface area contributed by atoms with E-state index in [-0.39, 0.29) is 5.91 Å². The molecule has 3 nitrogen and oxygen atoms in total. The third-order valence-electron chi connectivity index (χ3n) is 2.97. The molecule has 0 spiro atoms. The van der Waals surface area contributed by atoms with Crippen LogP contribution in [0.25, 0.3) is 0 Å². The standard InChI is InChI=1S/C18H29NO2/c1-3-4-5-6-7-8-9-10-11-12-13-14-15-16-18(21)19-17(2)20/h17,20H,3-9,14-16H2,1-2H3,(H,19,21). The highest BCUT2D eigenvalue weighted by Gasteiger charge is 2.01. The Morgan fingerprint density at radius 3 is 2.19 bits per heavy atom. The van der Waals surface area contributed by atoms with E-state index in [1.807, 2.05) is 0 Å². The summed E-state index contributed by atoms with van der Waals surface area (Å²) < 4.78 is 0. The van der Waals surface area contributed by atoms with Crippen LogP contribution in [0.4, 0.5) is 0 Å². The molecule has 0 saturated heterocycles. The van der Waals surface area contributed by atoms with Crippen LogP contribution < -0.4 is 5.32 Å². The van der Waals surface area contributed by atoms with Gasteiger partial charge in [-0.25, -0.2) is 0 Å². The van der Waals surface area contributed by atoms with Crippen molar-refractivity contribution in [3.8, 4) is 23.7 Å². The Bertz CT molecular complexity index is 379. The van der Waals surface area contributed by atoms with Crippen molar-refractivity contribution in [1.82, 2.24) is 5.32 Å². The molecule has 1 amide bonds. The summed E-state index contributed by atoms with van der Waals surface area (Å²) in [5, 5.41) is 11.4. The lowest BCUT2D eigenvalue weighted by Gasteiger charge is -2.05. The van der Waals surface area contributed by atoms with Gasteiger partial charge in [-0.15, -0.1) is 0 Å². The van der Waals surface area contributed by atoms with Crippen LogP contribution in [0.5, 0.6) is 0 Å². The average molecular weight is 291 g/mol. The van der Waals surface area contributed by atoms with Gasteiger partial charge >= 0.3 is 0 Å². The Hall–Kier alpha value is -1.45. The largest absolute Gasteiger partial charge is 0.374 e. The quantitative estimate of drug-likeness (QED) is 0.368. The number of nitrogens with one attached hydrogen (secondary N) is 1. The Balaban J connectivity index is 3.45. The molecule has 0 aromatic rings. The molecular weight excluding hydrogens is 262 g/mol. The van der Waals surface area contributed by atoms with Crippen molar-refractivity contribution in [2.24, 2.45) is 0 Å². The highest BCUT2D eigenvalue weighted by Crippen LogP contribution is 2.05. The van der Waals surface area contributed by atoms with E-state index in [1.165, 1.54) is 39.0 Å². The zero-order chi connectivity index (χ0) is 15.8. The monoisotopic (exact) mass is 291 g/mol. The van der Waals surface area contributed by atoms with Crippen molar-refractivity contribution in [2.75, 3.05) is 0 Å². The van der Waals surface area contributed by atoms with E-state index in [9.17, 15) is 4.79 Å². The molecule has 3 heteroatoms. The molecule has 21 heavy (non-hydrogen) atoms. The van der Waals surface area contributed by atoms with Crippen molar-refractivity contribution in [1.29, 1.82) is 0 Å². The molecule has 0 heterocycles. The second-order valence-corrected chi connectivity index (χ2v) is 5.22. The van der Waals surface area contributed by atoms with Crippen molar-refractivity contribution >= 4 is 5.91 Å². The first kappa shape index (κ1) is 19.6. The van der Waals surface area contributed by atoms with Crippen LogP contribution in [0, 0.1) is 23.7 Å². The lowest BCUT2D eigenvalue weighted by molar-refractivity contribution is -0.123. The normalized spacial score (nSPS) is 10.8. The highest BCUT2D eigenvalue weighted by atomic mass is 16.3. The van der Waals surface area contributed by atoms with E-state index in [0.717, 1.165) is 12.8 Å². The molecule has 0 radical (unpaired) electrons. The molecule has 2 N–H and O–H groups in total. The van der Waals surface area contributed by atoms with Crippen molar-refractivity contribution in [3.05, 3.63) is 0 Å². The Labute approximate surface area is 129 Å². The summed E-state index contributed by atoms with van der Waals surface area (Å²) in [6.45, 7) is 3.75. The molecule has 0 aliphatic carbocycles. The van der Waals surface area contributed by atoms with Crippen LogP contribution in [0.15, 0.2) is 0 Å². The maximum atomic E-state index is 11.2. The van der Waals surface area contributed by atoms with Gasteiger partial charge in [0, 0.05) is 19.3 Å². The SMILES string of the molecule is CCCCCCCCC#CC#CCCCC(=O)NC(C)O. The minimum absolute atomic E-state index is 0.138. The van der Waals surface area contributed by atoms with Gasteiger partial charge in [0.05, 0.1) is 0 Å². The first-order chi connectivity index (χ1) is 10.2. The molecule has 0 bridgehead atoms. The summed E-state index contributed by atoms with van der Waals surface area (Å²) in [6, 6.07) is 0. The van der Waals surface area contributed by atoms with Crippen LogP contribution in [0.2, 0.25) is 0 Å². The van der Waals surface area contributed by atoms with Crippen LogP contribution in [-0.4, -0.2) is 17.2 Å². The number of hydrogen-bond donors (Lipinski definition) is 2. The molecular formula is C18H29NO2. The maximum Gasteiger partial charge on any atom is 0.221 e. The molecule has 0 aromatic heterocycles. The average Bonchev–Trinajstić information content (AvgIpc) is 2.43. The molecule has 0 saturated carbocycles. The van der Waals surface area contributed by atoms with E-state index in [1.54, 1.807) is 0 Å². The molecule has 0 aromatic carbocycles. The first-order valence-electron chi connectivity index (χ1n) is 8.10. The summed E-state index contributed by atoms with van der Waals surface area (Å²) in [4.78, 5) is 11.2. The number of unbranched alkanes of at least 4 members (excludes halogenated alkanes) is 7. The van der Waals surface area contributed by atoms with Gasteiger partial charge in [0.25, 0.3) is 0 Å². The molecule has 1 unspecified atom stereocenters. The van der Waals surface area contributed by atoms with Gasteiger partial charge in [0.1, 0.15) is 6.23 Å². The van der Waals surface area contributed by atoms with Crippen molar-refractivity contribution in [3.63, 3.8) is 0 Å². The molecule has 0 aliphatic rings. The lowest BCUT2D eigenvalue weighted by Crippen LogP contribution is -2.31. The Kier molecular flexibility index (Phi) is 13.9.